The zero-order valence-corrected chi connectivity index (χ0v) is 14.0. The number of para-hydroxylation sites is 1. The molecule has 3 aromatic rings. The van der Waals surface area contributed by atoms with Crippen LogP contribution in [0.4, 0.5) is 0 Å². The lowest BCUT2D eigenvalue weighted by Crippen LogP contribution is -2.35. The topological polar surface area (TPSA) is 71.0 Å². The molecule has 1 aromatic carbocycles. The van der Waals surface area contributed by atoms with Gasteiger partial charge < -0.3 is 14.5 Å². The van der Waals surface area contributed by atoms with E-state index in [1.54, 1.807) is 37.0 Å². The number of nitrogens with zero attached hydrogens (tertiary/aromatic N) is 3. The summed E-state index contributed by atoms with van der Waals surface area (Å²) >= 11 is 0. The van der Waals surface area contributed by atoms with Crippen LogP contribution in [-0.4, -0.2) is 44.7 Å². The summed E-state index contributed by atoms with van der Waals surface area (Å²) in [4.78, 5) is 33.8. The van der Waals surface area contributed by atoms with Gasteiger partial charge >= 0.3 is 0 Å². The minimum Gasteiger partial charge on any atom is -0.348 e. The van der Waals surface area contributed by atoms with Crippen LogP contribution in [0.1, 0.15) is 21.9 Å². The number of ketones is 1. The number of Topliss-reactive ketones (excluding diaryl/α,β-unsaturated/α-hetero) is 1. The molecule has 24 heavy (non-hydrogen) atoms. The largest absolute Gasteiger partial charge is 0.348 e. The van der Waals surface area contributed by atoms with Crippen LogP contribution in [0, 0.1) is 6.92 Å². The first-order valence-corrected chi connectivity index (χ1v) is 7.82. The second-order valence-corrected chi connectivity index (χ2v) is 5.96. The standard InChI is InChI=1S/C18H20N4O2/c1-12-6-4-7-13-16(12)20-15(19-13)9-11-22(3)18(24)17(23)14-8-5-10-21(14)2/h4-8,10H,9,11H2,1-3H3,(H,19,20). The molecular weight excluding hydrogens is 304 g/mol. The van der Waals surface area contributed by atoms with Crippen LogP contribution < -0.4 is 0 Å². The molecule has 0 fully saturated rings. The predicted molar refractivity (Wildman–Crippen MR) is 91.9 cm³/mol. The molecule has 0 bridgehead atoms. The molecule has 0 saturated carbocycles. The van der Waals surface area contributed by atoms with Gasteiger partial charge in [-0.25, -0.2) is 4.98 Å². The Morgan fingerprint density at radius 2 is 2.04 bits per heavy atom. The summed E-state index contributed by atoms with van der Waals surface area (Å²) in [7, 11) is 3.38. The fourth-order valence-corrected chi connectivity index (χ4v) is 2.70. The molecule has 0 atom stereocenters. The molecule has 0 unspecified atom stereocenters. The Bertz CT molecular complexity index is 907. The van der Waals surface area contributed by atoms with Crippen molar-refractivity contribution in [3.63, 3.8) is 0 Å². The fourth-order valence-electron chi connectivity index (χ4n) is 2.70. The number of hydrogen-bond donors (Lipinski definition) is 1. The highest BCUT2D eigenvalue weighted by molar-refractivity contribution is 6.42. The van der Waals surface area contributed by atoms with Crippen LogP contribution in [0.5, 0.6) is 0 Å². The Morgan fingerprint density at radius 3 is 2.71 bits per heavy atom. The van der Waals surface area contributed by atoms with Crippen molar-refractivity contribution in [1.29, 1.82) is 0 Å². The van der Waals surface area contributed by atoms with E-state index in [1.807, 2.05) is 25.1 Å². The van der Waals surface area contributed by atoms with Gasteiger partial charge in [0.05, 0.1) is 16.7 Å². The van der Waals surface area contributed by atoms with Crippen molar-refractivity contribution in [2.45, 2.75) is 13.3 Å². The van der Waals surface area contributed by atoms with Gasteiger partial charge in [-0.1, -0.05) is 12.1 Å². The van der Waals surface area contributed by atoms with E-state index in [4.69, 9.17) is 0 Å². The van der Waals surface area contributed by atoms with E-state index in [0.29, 0.717) is 18.7 Å². The summed E-state index contributed by atoms with van der Waals surface area (Å²) in [5.41, 5.74) is 3.43. The number of benzene rings is 1. The van der Waals surface area contributed by atoms with Crippen molar-refractivity contribution in [2.75, 3.05) is 13.6 Å². The van der Waals surface area contributed by atoms with Crippen LogP contribution in [0.25, 0.3) is 11.0 Å². The van der Waals surface area contributed by atoms with Crippen LogP contribution >= 0.6 is 0 Å². The molecule has 3 rings (SSSR count). The highest BCUT2D eigenvalue weighted by atomic mass is 16.2. The Labute approximate surface area is 140 Å². The number of H-pyrrole nitrogens is 1. The monoisotopic (exact) mass is 324 g/mol. The van der Waals surface area contributed by atoms with E-state index in [1.165, 1.54) is 4.90 Å². The van der Waals surface area contributed by atoms with Gasteiger partial charge in [0.15, 0.2) is 0 Å². The quantitative estimate of drug-likeness (QED) is 0.577. The second-order valence-electron chi connectivity index (χ2n) is 5.96. The predicted octanol–water partition coefficient (Wildman–Crippen LogP) is 2.09. The number of likely N-dealkylation sites (N-methyl/N-ethyl adjacent to an activating group) is 1. The van der Waals surface area contributed by atoms with E-state index < -0.39 is 11.7 Å². The molecule has 0 radical (unpaired) electrons. The molecule has 1 amide bonds. The number of rotatable bonds is 5. The number of aryl methyl sites for hydroxylation is 2. The Hall–Kier alpha value is -2.89. The summed E-state index contributed by atoms with van der Waals surface area (Å²) in [6, 6.07) is 9.37. The van der Waals surface area contributed by atoms with Crippen molar-refractivity contribution < 1.29 is 9.59 Å². The summed E-state index contributed by atoms with van der Waals surface area (Å²) < 4.78 is 1.65. The number of fused-ring (bicyclic) bond motifs is 1. The number of amides is 1. The Balaban J connectivity index is 1.67. The molecule has 0 spiro atoms. The Morgan fingerprint density at radius 1 is 1.25 bits per heavy atom. The lowest BCUT2D eigenvalue weighted by Gasteiger charge is -2.15. The zero-order valence-electron chi connectivity index (χ0n) is 14.0. The maximum atomic E-state index is 12.3. The second kappa shape index (κ2) is 6.31. The normalized spacial score (nSPS) is 11.0. The smallest absolute Gasteiger partial charge is 0.296 e. The molecule has 6 nitrogen and oxygen atoms in total. The molecule has 2 heterocycles. The lowest BCUT2D eigenvalue weighted by molar-refractivity contribution is -0.125. The summed E-state index contributed by atoms with van der Waals surface area (Å²) in [5, 5.41) is 0. The van der Waals surface area contributed by atoms with Crippen LogP contribution in [0.15, 0.2) is 36.5 Å². The van der Waals surface area contributed by atoms with Crippen molar-refractivity contribution in [2.24, 2.45) is 7.05 Å². The third kappa shape index (κ3) is 2.95. The van der Waals surface area contributed by atoms with Crippen LogP contribution in [0.3, 0.4) is 0 Å². The van der Waals surface area contributed by atoms with Crippen molar-refractivity contribution in [1.82, 2.24) is 19.4 Å². The van der Waals surface area contributed by atoms with E-state index in [9.17, 15) is 9.59 Å². The Kier molecular flexibility index (Phi) is 4.20. The zero-order chi connectivity index (χ0) is 17.3. The first kappa shape index (κ1) is 16.0. The molecule has 0 aliphatic rings. The number of nitrogens with one attached hydrogen (secondary N) is 1. The maximum Gasteiger partial charge on any atom is 0.296 e. The van der Waals surface area contributed by atoms with Gasteiger partial charge in [-0.3, -0.25) is 9.59 Å². The summed E-state index contributed by atoms with van der Waals surface area (Å²) in [5.74, 6) is -0.195. The molecule has 124 valence electrons. The number of imidazole rings is 1. The first-order chi connectivity index (χ1) is 11.5. The third-order valence-corrected chi connectivity index (χ3v) is 4.16. The lowest BCUT2D eigenvalue weighted by atomic mass is 10.2. The van der Waals surface area contributed by atoms with Crippen molar-refractivity contribution in [3.05, 3.63) is 53.6 Å². The summed E-state index contributed by atoms with van der Waals surface area (Å²) in [6.45, 7) is 2.44. The third-order valence-electron chi connectivity index (χ3n) is 4.16. The van der Waals surface area contributed by atoms with Crippen LogP contribution in [0.2, 0.25) is 0 Å². The van der Waals surface area contributed by atoms with Gasteiger partial charge in [0, 0.05) is 33.3 Å². The van der Waals surface area contributed by atoms with Gasteiger partial charge in [0.2, 0.25) is 0 Å². The van der Waals surface area contributed by atoms with Crippen LogP contribution in [-0.2, 0) is 18.3 Å². The SMILES string of the molecule is Cc1cccc2[nH]c(CCN(C)C(=O)C(=O)c3cccn3C)nc12. The van der Waals surface area contributed by atoms with Gasteiger partial charge in [-0.2, -0.15) is 0 Å². The minimum absolute atomic E-state index is 0.395. The van der Waals surface area contributed by atoms with Gasteiger partial charge in [-0.15, -0.1) is 0 Å². The minimum atomic E-state index is -0.510. The molecule has 6 heteroatoms. The van der Waals surface area contributed by atoms with Crippen molar-refractivity contribution in [3.8, 4) is 0 Å². The van der Waals surface area contributed by atoms with E-state index in [0.717, 1.165) is 22.4 Å². The number of aromatic nitrogens is 3. The number of aromatic amines is 1. The maximum absolute atomic E-state index is 12.3. The average Bonchev–Trinajstić information content (AvgIpc) is 3.18. The van der Waals surface area contributed by atoms with E-state index in [2.05, 4.69) is 9.97 Å². The van der Waals surface area contributed by atoms with Gasteiger partial charge in [0.25, 0.3) is 11.7 Å². The number of carbonyl (C=O) groups excluding carboxylic acids is 2. The molecular formula is C18H20N4O2. The number of carbonyl (C=O) groups is 2. The highest BCUT2D eigenvalue weighted by Gasteiger charge is 2.22. The fraction of sp³-hybridized carbons (Fsp3) is 0.278. The molecule has 0 aliphatic heterocycles. The highest BCUT2D eigenvalue weighted by Crippen LogP contribution is 2.15. The van der Waals surface area contributed by atoms with E-state index in [-0.39, 0.29) is 0 Å². The number of hydrogen-bond acceptors (Lipinski definition) is 3. The molecule has 0 aliphatic carbocycles. The molecule has 1 N–H and O–H groups in total. The molecule has 0 saturated heterocycles. The van der Waals surface area contributed by atoms with E-state index >= 15 is 0 Å². The van der Waals surface area contributed by atoms with Gasteiger partial charge in [0.1, 0.15) is 5.82 Å². The van der Waals surface area contributed by atoms with Gasteiger partial charge in [-0.05, 0) is 30.7 Å². The average molecular weight is 324 g/mol. The van der Waals surface area contributed by atoms with Crippen molar-refractivity contribution >= 4 is 22.7 Å². The summed E-state index contributed by atoms with van der Waals surface area (Å²) in [6.07, 6.45) is 2.31. The molecule has 2 aromatic heterocycles. The first-order valence-electron chi connectivity index (χ1n) is 7.82.